The zero-order valence-electron chi connectivity index (χ0n) is 16.3. The summed E-state index contributed by atoms with van der Waals surface area (Å²) in [5.74, 6) is -2.15. The van der Waals surface area contributed by atoms with Crippen molar-refractivity contribution in [3.05, 3.63) is 32.0 Å². The molecule has 29 heavy (non-hydrogen) atoms. The number of nitrogens with two attached hydrogens (primary N) is 1. The van der Waals surface area contributed by atoms with Gasteiger partial charge < -0.3 is 21.1 Å². The molecule has 0 spiro atoms. The summed E-state index contributed by atoms with van der Waals surface area (Å²) >= 11 is 2.60. The summed E-state index contributed by atoms with van der Waals surface area (Å²) in [6.45, 7) is 4.41. The van der Waals surface area contributed by atoms with E-state index in [1.54, 1.807) is 6.92 Å². The highest BCUT2D eigenvalue weighted by atomic mass is 32.1. The van der Waals surface area contributed by atoms with E-state index >= 15 is 0 Å². The molecule has 3 rings (SSSR count). The Morgan fingerprint density at radius 2 is 1.72 bits per heavy atom. The topological polar surface area (TPSA) is 128 Å². The van der Waals surface area contributed by atoms with Gasteiger partial charge in [0.25, 0.3) is 11.8 Å². The number of hydrogen-bond donors (Lipinski definition) is 3. The van der Waals surface area contributed by atoms with Gasteiger partial charge in [-0.3, -0.25) is 14.4 Å². The second kappa shape index (κ2) is 8.34. The quantitative estimate of drug-likeness (QED) is 0.601. The highest BCUT2D eigenvalue weighted by Gasteiger charge is 2.27. The van der Waals surface area contributed by atoms with Crippen LogP contribution in [0.3, 0.4) is 0 Å². The highest BCUT2D eigenvalue weighted by Crippen LogP contribution is 2.39. The predicted octanol–water partition coefficient (Wildman–Crippen LogP) is 2.77. The average molecular weight is 436 g/mol. The molecular weight excluding hydrogens is 414 g/mol. The number of primary amides is 1. The second-order valence-electron chi connectivity index (χ2n) is 6.72. The monoisotopic (exact) mass is 435 g/mol. The van der Waals surface area contributed by atoms with Crippen LogP contribution < -0.4 is 16.4 Å². The average Bonchev–Trinajstić information content (AvgIpc) is 3.26. The molecule has 4 N–H and O–H groups in total. The fourth-order valence-corrected chi connectivity index (χ4v) is 5.65. The maximum Gasteiger partial charge on any atom is 0.341 e. The molecule has 2 aromatic heterocycles. The number of carbonyl (C=O) groups excluding carboxylic acids is 4. The molecular formula is C19H21N3O5S2. The van der Waals surface area contributed by atoms with Crippen LogP contribution in [0, 0.1) is 13.8 Å². The highest BCUT2D eigenvalue weighted by molar-refractivity contribution is 7.17. The van der Waals surface area contributed by atoms with E-state index in [1.807, 2.05) is 6.92 Å². The molecule has 0 saturated carbocycles. The van der Waals surface area contributed by atoms with Crippen molar-refractivity contribution in [3.63, 3.8) is 0 Å². The lowest BCUT2D eigenvalue weighted by atomic mass is 10.1. The van der Waals surface area contributed by atoms with E-state index < -0.39 is 24.4 Å². The van der Waals surface area contributed by atoms with Gasteiger partial charge in [0.05, 0.1) is 11.1 Å². The van der Waals surface area contributed by atoms with Crippen molar-refractivity contribution < 1.29 is 23.9 Å². The molecule has 154 valence electrons. The van der Waals surface area contributed by atoms with Gasteiger partial charge in [-0.2, -0.15) is 0 Å². The number of nitrogens with one attached hydrogen (secondary N) is 2. The first-order chi connectivity index (χ1) is 13.7. The first-order valence-corrected chi connectivity index (χ1v) is 10.6. The van der Waals surface area contributed by atoms with Gasteiger partial charge in [-0.1, -0.05) is 0 Å². The summed E-state index contributed by atoms with van der Waals surface area (Å²) in [5.41, 5.74) is 7.66. The minimum Gasteiger partial charge on any atom is -0.452 e. The number of amides is 3. The number of carbonyl (C=O) groups is 4. The second-order valence-corrected chi connectivity index (χ2v) is 9.05. The Hall–Kier alpha value is -2.72. The molecule has 1 aliphatic rings. The van der Waals surface area contributed by atoms with Gasteiger partial charge in [0.1, 0.15) is 10.0 Å². The Kier molecular flexibility index (Phi) is 6.04. The largest absolute Gasteiger partial charge is 0.452 e. The molecule has 0 radical (unpaired) electrons. The van der Waals surface area contributed by atoms with Gasteiger partial charge in [-0.25, -0.2) is 4.79 Å². The van der Waals surface area contributed by atoms with Crippen LogP contribution in [-0.4, -0.2) is 30.3 Å². The van der Waals surface area contributed by atoms with Crippen LogP contribution in [0.4, 0.5) is 10.0 Å². The van der Waals surface area contributed by atoms with E-state index in [0.29, 0.717) is 21.1 Å². The van der Waals surface area contributed by atoms with Gasteiger partial charge in [-0.15, -0.1) is 22.7 Å². The van der Waals surface area contributed by atoms with Crippen molar-refractivity contribution in [2.75, 3.05) is 17.2 Å². The van der Waals surface area contributed by atoms with Crippen LogP contribution in [0.2, 0.25) is 0 Å². The normalized spacial score (nSPS) is 12.4. The molecule has 2 aromatic rings. The van der Waals surface area contributed by atoms with Gasteiger partial charge in [0.2, 0.25) is 5.91 Å². The lowest BCUT2D eigenvalue weighted by Crippen LogP contribution is -2.23. The smallest absolute Gasteiger partial charge is 0.341 e. The van der Waals surface area contributed by atoms with Gasteiger partial charge in [0, 0.05) is 16.7 Å². The Labute approximate surface area is 175 Å². The molecule has 0 aromatic carbocycles. The van der Waals surface area contributed by atoms with Crippen LogP contribution in [0.1, 0.15) is 54.9 Å². The number of rotatable bonds is 6. The number of aryl methyl sites for hydroxylation is 2. The molecule has 1 aliphatic carbocycles. The van der Waals surface area contributed by atoms with Crippen LogP contribution in [0.5, 0.6) is 0 Å². The van der Waals surface area contributed by atoms with Crippen molar-refractivity contribution in [1.82, 2.24) is 0 Å². The summed E-state index contributed by atoms with van der Waals surface area (Å²) in [6.07, 6.45) is 2.58. The standard InChI is InChI=1S/C19H21N3O5S2/c1-8-9(2)28-17(21-10(3)23)14(8)19(26)27-7-13(24)22-18-15(16(20)25)11-5-4-6-12(11)29-18/h4-7H2,1-3H3,(H2,20,25)(H,21,23)(H,22,24). The van der Waals surface area contributed by atoms with Gasteiger partial charge in [0.15, 0.2) is 6.61 Å². The van der Waals surface area contributed by atoms with E-state index in [-0.39, 0.29) is 11.5 Å². The number of fused-ring (bicyclic) bond motifs is 1. The summed E-state index contributed by atoms with van der Waals surface area (Å²) in [5, 5.41) is 6.03. The van der Waals surface area contributed by atoms with Crippen LogP contribution in [0.25, 0.3) is 0 Å². The fraction of sp³-hybridized carbons (Fsp3) is 0.368. The lowest BCUT2D eigenvalue weighted by Gasteiger charge is -2.08. The Morgan fingerprint density at radius 3 is 2.38 bits per heavy atom. The van der Waals surface area contributed by atoms with E-state index in [4.69, 9.17) is 10.5 Å². The minimum absolute atomic E-state index is 0.239. The molecule has 0 atom stereocenters. The maximum atomic E-state index is 12.5. The summed E-state index contributed by atoms with van der Waals surface area (Å²) in [6, 6.07) is 0. The van der Waals surface area contributed by atoms with E-state index in [2.05, 4.69) is 10.6 Å². The molecule has 0 aliphatic heterocycles. The van der Waals surface area contributed by atoms with E-state index in [9.17, 15) is 19.2 Å². The van der Waals surface area contributed by atoms with Crippen molar-refractivity contribution in [2.45, 2.75) is 40.0 Å². The van der Waals surface area contributed by atoms with Crippen LogP contribution in [-0.2, 0) is 27.2 Å². The molecule has 3 amide bonds. The Morgan fingerprint density at radius 1 is 1.03 bits per heavy atom. The Bertz CT molecular complexity index is 1020. The number of hydrogen-bond acceptors (Lipinski definition) is 7. The zero-order valence-corrected chi connectivity index (χ0v) is 17.9. The van der Waals surface area contributed by atoms with Crippen molar-refractivity contribution in [1.29, 1.82) is 0 Å². The van der Waals surface area contributed by atoms with Gasteiger partial charge in [-0.05, 0) is 44.2 Å². The molecule has 0 saturated heterocycles. The maximum absolute atomic E-state index is 12.5. The molecule has 0 bridgehead atoms. The predicted molar refractivity (Wildman–Crippen MR) is 112 cm³/mol. The first kappa shape index (κ1) is 21.0. The van der Waals surface area contributed by atoms with Crippen molar-refractivity contribution in [2.24, 2.45) is 5.73 Å². The minimum atomic E-state index is -0.699. The van der Waals surface area contributed by atoms with E-state index in [0.717, 1.165) is 34.6 Å². The van der Waals surface area contributed by atoms with Crippen LogP contribution in [0.15, 0.2) is 0 Å². The third-order valence-electron chi connectivity index (χ3n) is 4.63. The Balaban J connectivity index is 1.69. The lowest BCUT2D eigenvalue weighted by molar-refractivity contribution is -0.119. The SMILES string of the molecule is CC(=O)Nc1sc(C)c(C)c1C(=O)OCC(=O)Nc1sc2c(c1C(N)=O)CCC2. The van der Waals surface area contributed by atoms with Crippen molar-refractivity contribution >= 4 is 56.4 Å². The summed E-state index contributed by atoms with van der Waals surface area (Å²) in [7, 11) is 0. The number of anilines is 2. The first-order valence-electron chi connectivity index (χ1n) is 8.98. The third kappa shape index (κ3) is 4.33. The van der Waals surface area contributed by atoms with Gasteiger partial charge >= 0.3 is 5.97 Å². The zero-order chi connectivity index (χ0) is 21.3. The van der Waals surface area contributed by atoms with E-state index in [1.165, 1.54) is 29.6 Å². The molecule has 0 unspecified atom stereocenters. The molecule has 8 nitrogen and oxygen atoms in total. The summed E-state index contributed by atoms with van der Waals surface area (Å²) in [4.78, 5) is 49.9. The number of ether oxygens (including phenoxy) is 1. The fourth-order valence-electron chi connectivity index (χ4n) is 3.24. The third-order valence-corrected chi connectivity index (χ3v) is 6.96. The number of thiophene rings is 2. The summed E-state index contributed by atoms with van der Waals surface area (Å²) < 4.78 is 5.15. The van der Waals surface area contributed by atoms with Crippen molar-refractivity contribution in [3.8, 4) is 0 Å². The molecule has 0 fully saturated rings. The number of esters is 1. The molecule has 10 heteroatoms. The molecule has 2 heterocycles. The van der Waals surface area contributed by atoms with Crippen LogP contribution >= 0.6 is 22.7 Å².